The Morgan fingerprint density at radius 3 is 2.03 bits per heavy atom. The maximum Gasteiger partial charge on any atom is 0.269 e. The minimum atomic E-state index is -0.472. The first-order valence-electron chi connectivity index (χ1n) is 8.90. The van der Waals surface area contributed by atoms with E-state index in [1.54, 1.807) is 48.5 Å². The minimum Gasteiger partial charge on any atom is -0.507 e. The van der Waals surface area contributed by atoms with Crippen LogP contribution in [0.2, 0.25) is 0 Å². The summed E-state index contributed by atoms with van der Waals surface area (Å²) in [4.78, 5) is 15.2. The average molecular weight is 408 g/mol. The largest absolute Gasteiger partial charge is 0.507 e. The maximum atomic E-state index is 11.0. The van der Waals surface area contributed by atoms with Gasteiger partial charge in [0.2, 0.25) is 5.75 Å². The fourth-order valence-electron chi connectivity index (χ4n) is 2.96. The number of nitro groups is 1. The topological polar surface area (TPSA) is 103 Å². The number of para-hydroxylation sites is 1. The zero-order valence-corrected chi connectivity index (χ0v) is 16.7. The van der Waals surface area contributed by atoms with Crippen LogP contribution in [0.4, 0.5) is 11.4 Å². The van der Waals surface area contributed by atoms with Crippen LogP contribution < -0.4 is 14.2 Å². The summed E-state index contributed by atoms with van der Waals surface area (Å²) in [5.74, 6) is 1.31. The van der Waals surface area contributed by atoms with Crippen LogP contribution in [0.15, 0.2) is 65.7 Å². The molecule has 154 valence electrons. The minimum absolute atomic E-state index is 0.0297. The van der Waals surface area contributed by atoms with Gasteiger partial charge in [0.1, 0.15) is 5.75 Å². The number of non-ortho nitro benzene ring substituents is 1. The van der Waals surface area contributed by atoms with Crippen molar-refractivity contribution >= 4 is 17.1 Å². The summed E-state index contributed by atoms with van der Waals surface area (Å²) in [5.41, 5.74) is 1.94. The highest BCUT2D eigenvalue weighted by atomic mass is 16.6. The molecule has 3 rings (SSSR count). The van der Waals surface area contributed by atoms with Crippen molar-refractivity contribution in [3.63, 3.8) is 0 Å². The Bertz CT molecular complexity index is 1070. The van der Waals surface area contributed by atoms with E-state index in [1.807, 2.05) is 0 Å². The highest BCUT2D eigenvalue weighted by molar-refractivity contribution is 6.15. The van der Waals surface area contributed by atoms with Crippen molar-refractivity contribution in [1.82, 2.24) is 0 Å². The molecule has 0 amide bonds. The molecule has 8 nitrogen and oxygen atoms in total. The second-order valence-corrected chi connectivity index (χ2v) is 6.17. The molecule has 0 saturated carbocycles. The van der Waals surface area contributed by atoms with E-state index in [2.05, 4.69) is 0 Å². The number of ether oxygens (including phenoxy) is 3. The van der Waals surface area contributed by atoms with Crippen molar-refractivity contribution in [2.24, 2.45) is 4.99 Å². The van der Waals surface area contributed by atoms with E-state index in [0.29, 0.717) is 39.8 Å². The van der Waals surface area contributed by atoms with Crippen LogP contribution in [0.25, 0.3) is 0 Å². The zero-order valence-electron chi connectivity index (χ0n) is 16.7. The molecule has 0 aliphatic carbocycles. The third-order valence-corrected chi connectivity index (χ3v) is 4.40. The Kier molecular flexibility index (Phi) is 6.17. The molecule has 1 N–H and O–H groups in total. The first-order chi connectivity index (χ1) is 14.5. The smallest absolute Gasteiger partial charge is 0.269 e. The van der Waals surface area contributed by atoms with Crippen molar-refractivity contribution in [1.29, 1.82) is 0 Å². The van der Waals surface area contributed by atoms with Crippen molar-refractivity contribution < 1.29 is 24.2 Å². The molecule has 8 heteroatoms. The van der Waals surface area contributed by atoms with E-state index in [4.69, 9.17) is 19.2 Å². The van der Waals surface area contributed by atoms with Gasteiger partial charge in [-0.3, -0.25) is 10.1 Å². The number of aromatic hydroxyl groups is 1. The van der Waals surface area contributed by atoms with E-state index in [-0.39, 0.29) is 11.4 Å². The standard InChI is InChI=1S/C22H20N2O6/c1-28-19-12-15(13-20(29-2)22(19)30-3)23-21(17-6-4-5-7-18(17)25)14-8-10-16(11-9-14)24(26)27/h4-13,25H,1-3H3. The molecule has 0 aromatic heterocycles. The molecular weight excluding hydrogens is 388 g/mol. The van der Waals surface area contributed by atoms with E-state index in [1.165, 1.54) is 33.5 Å². The van der Waals surface area contributed by atoms with Crippen molar-refractivity contribution in [3.05, 3.63) is 81.9 Å². The fraction of sp³-hybridized carbons (Fsp3) is 0.136. The second kappa shape index (κ2) is 8.95. The highest BCUT2D eigenvalue weighted by Crippen LogP contribution is 2.41. The van der Waals surface area contributed by atoms with Crippen LogP contribution in [-0.4, -0.2) is 37.1 Å². The first-order valence-corrected chi connectivity index (χ1v) is 8.90. The van der Waals surface area contributed by atoms with Gasteiger partial charge in [0.15, 0.2) is 11.5 Å². The number of phenols is 1. The van der Waals surface area contributed by atoms with Crippen LogP contribution in [0.3, 0.4) is 0 Å². The van der Waals surface area contributed by atoms with Gasteiger partial charge in [0.25, 0.3) is 5.69 Å². The normalized spacial score (nSPS) is 11.1. The Morgan fingerprint density at radius 1 is 0.933 bits per heavy atom. The number of methoxy groups -OCH3 is 3. The zero-order chi connectivity index (χ0) is 21.7. The summed E-state index contributed by atoms with van der Waals surface area (Å²) in [6.45, 7) is 0. The Labute approximate surface area is 173 Å². The second-order valence-electron chi connectivity index (χ2n) is 6.17. The predicted molar refractivity (Wildman–Crippen MR) is 113 cm³/mol. The van der Waals surface area contributed by atoms with Gasteiger partial charge in [-0.05, 0) is 24.3 Å². The van der Waals surface area contributed by atoms with Gasteiger partial charge >= 0.3 is 0 Å². The third kappa shape index (κ3) is 4.17. The third-order valence-electron chi connectivity index (χ3n) is 4.40. The average Bonchev–Trinajstić information content (AvgIpc) is 2.77. The summed E-state index contributed by atoms with van der Waals surface area (Å²) in [6, 6.07) is 16.0. The van der Waals surface area contributed by atoms with Gasteiger partial charge < -0.3 is 19.3 Å². The van der Waals surface area contributed by atoms with Crippen LogP contribution in [-0.2, 0) is 0 Å². The molecule has 3 aromatic rings. The lowest BCUT2D eigenvalue weighted by Gasteiger charge is -2.14. The number of nitro benzene ring substituents is 1. The number of phenolic OH excluding ortho intramolecular Hbond substituents is 1. The molecule has 0 saturated heterocycles. The van der Waals surface area contributed by atoms with Gasteiger partial charge in [-0.2, -0.15) is 0 Å². The summed E-state index contributed by atoms with van der Waals surface area (Å²) in [6.07, 6.45) is 0. The lowest BCUT2D eigenvalue weighted by Crippen LogP contribution is -2.04. The summed E-state index contributed by atoms with van der Waals surface area (Å²) < 4.78 is 16.1. The monoisotopic (exact) mass is 408 g/mol. The highest BCUT2D eigenvalue weighted by Gasteiger charge is 2.17. The molecule has 0 fully saturated rings. The number of benzene rings is 3. The predicted octanol–water partition coefficient (Wildman–Crippen LogP) is 4.50. The lowest BCUT2D eigenvalue weighted by molar-refractivity contribution is -0.384. The Morgan fingerprint density at radius 2 is 1.53 bits per heavy atom. The number of hydrogen-bond donors (Lipinski definition) is 1. The van der Waals surface area contributed by atoms with Gasteiger partial charge in [0.05, 0.1) is 37.7 Å². The quantitative estimate of drug-likeness (QED) is 0.351. The molecule has 3 aromatic carbocycles. The SMILES string of the molecule is COc1cc(N=C(c2ccc([N+](=O)[O-])cc2)c2ccccc2O)cc(OC)c1OC. The molecule has 0 spiro atoms. The van der Waals surface area contributed by atoms with Crippen molar-refractivity contribution in [2.45, 2.75) is 0 Å². The first kappa shape index (κ1) is 20.7. The maximum absolute atomic E-state index is 11.0. The van der Waals surface area contributed by atoms with Crippen LogP contribution in [0, 0.1) is 10.1 Å². The van der Waals surface area contributed by atoms with Crippen molar-refractivity contribution in [2.75, 3.05) is 21.3 Å². The number of nitrogens with zero attached hydrogens (tertiary/aromatic N) is 2. The van der Waals surface area contributed by atoms with Crippen LogP contribution in [0.5, 0.6) is 23.0 Å². The number of hydrogen-bond acceptors (Lipinski definition) is 7. The molecule has 0 bridgehead atoms. The van der Waals surface area contributed by atoms with Gasteiger partial charge in [-0.1, -0.05) is 12.1 Å². The van der Waals surface area contributed by atoms with Gasteiger partial charge in [-0.25, -0.2) is 4.99 Å². The summed E-state index contributed by atoms with van der Waals surface area (Å²) >= 11 is 0. The molecule has 30 heavy (non-hydrogen) atoms. The van der Waals surface area contributed by atoms with Crippen LogP contribution in [0.1, 0.15) is 11.1 Å². The number of aliphatic imine (C=N–C) groups is 1. The molecule has 0 radical (unpaired) electrons. The molecular formula is C22H20N2O6. The van der Waals surface area contributed by atoms with Gasteiger partial charge in [-0.15, -0.1) is 0 Å². The molecule has 0 heterocycles. The van der Waals surface area contributed by atoms with Gasteiger partial charge in [0, 0.05) is 35.4 Å². The van der Waals surface area contributed by atoms with E-state index >= 15 is 0 Å². The van der Waals surface area contributed by atoms with Crippen molar-refractivity contribution in [3.8, 4) is 23.0 Å². The summed E-state index contributed by atoms with van der Waals surface area (Å²) in [7, 11) is 4.52. The summed E-state index contributed by atoms with van der Waals surface area (Å²) in [5, 5.41) is 21.4. The fourth-order valence-corrected chi connectivity index (χ4v) is 2.96. The van der Waals surface area contributed by atoms with E-state index < -0.39 is 4.92 Å². The lowest BCUT2D eigenvalue weighted by atomic mass is 10.0. The van der Waals surface area contributed by atoms with Crippen LogP contribution >= 0.6 is 0 Å². The number of rotatable bonds is 7. The Hall–Kier alpha value is -4.07. The molecule has 0 unspecified atom stereocenters. The molecule has 0 aliphatic rings. The Balaban J connectivity index is 2.21. The molecule has 0 atom stereocenters. The van der Waals surface area contributed by atoms with E-state index in [0.717, 1.165) is 0 Å². The van der Waals surface area contributed by atoms with E-state index in [9.17, 15) is 15.2 Å². The molecule has 0 aliphatic heterocycles.